The zero-order valence-corrected chi connectivity index (χ0v) is 13.7. The highest BCUT2D eigenvalue weighted by atomic mass is 79.9. The lowest BCUT2D eigenvalue weighted by atomic mass is 10.4. The second kappa shape index (κ2) is 7.93. The fourth-order valence-corrected chi connectivity index (χ4v) is 2.43. The number of alkyl halides is 1. The lowest BCUT2D eigenvalue weighted by Gasteiger charge is -2.08. The number of rotatable bonds is 8. The molecule has 2 rings (SSSR count). The second-order valence-corrected chi connectivity index (χ2v) is 5.51. The van der Waals surface area contributed by atoms with Crippen molar-refractivity contribution in [3.8, 4) is 0 Å². The number of methoxy groups -OCH3 is 1. The molecule has 0 saturated carbocycles. The van der Waals surface area contributed by atoms with Crippen molar-refractivity contribution in [1.82, 2.24) is 14.5 Å². The van der Waals surface area contributed by atoms with Crippen LogP contribution in [0.5, 0.6) is 0 Å². The van der Waals surface area contributed by atoms with E-state index in [0.29, 0.717) is 38.7 Å². The van der Waals surface area contributed by atoms with Crippen LogP contribution in [-0.2, 0) is 22.4 Å². The first-order valence-corrected chi connectivity index (χ1v) is 7.72. The van der Waals surface area contributed by atoms with Gasteiger partial charge in [-0.25, -0.2) is 9.97 Å². The molecule has 0 aromatic carbocycles. The number of ether oxygens (including phenoxy) is 2. The number of halogens is 2. The Hall–Kier alpha value is -0.690. The van der Waals surface area contributed by atoms with Gasteiger partial charge >= 0.3 is 0 Å². The molecule has 0 bridgehead atoms. The summed E-state index contributed by atoms with van der Waals surface area (Å²) in [4.78, 5) is 9.01. The lowest BCUT2D eigenvalue weighted by molar-refractivity contribution is 0.0667. The molecule has 2 heterocycles. The smallest absolute Gasteiger partial charge is 0.160 e. The van der Waals surface area contributed by atoms with Crippen LogP contribution in [0.15, 0.2) is 16.7 Å². The van der Waals surface area contributed by atoms with Crippen LogP contribution in [0.1, 0.15) is 5.82 Å². The van der Waals surface area contributed by atoms with E-state index in [9.17, 15) is 0 Å². The first kappa shape index (κ1) is 15.7. The van der Waals surface area contributed by atoms with Gasteiger partial charge in [-0.3, -0.25) is 0 Å². The Morgan fingerprint density at radius 3 is 2.95 bits per heavy atom. The van der Waals surface area contributed by atoms with Crippen LogP contribution in [-0.4, -0.2) is 47.3 Å². The number of pyridine rings is 1. The Morgan fingerprint density at radius 1 is 1.35 bits per heavy atom. The van der Waals surface area contributed by atoms with Gasteiger partial charge in [0.1, 0.15) is 11.3 Å². The summed E-state index contributed by atoms with van der Waals surface area (Å²) in [6, 6.07) is 1.96. The van der Waals surface area contributed by atoms with Crippen molar-refractivity contribution in [2.24, 2.45) is 0 Å². The van der Waals surface area contributed by atoms with Gasteiger partial charge in [0, 0.05) is 36.6 Å². The van der Waals surface area contributed by atoms with Gasteiger partial charge in [-0.15, -0.1) is 11.6 Å². The van der Waals surface area contributed by atoms with Crippen molar-refractivity contribution in [1.29, 1.82) is 0 Å². The van der Waals surface area contributed by atoms with Crippen LogP contribution >= 0.6 is 27.5 Å². The Labute approximate surface area is 131 Å². The van der Waals surface area contributed by atoms with E-state index in [1.54, 1.807) is 13.3 Å². The molecule has 0 fully saturated rings. The van der Waals surface area contributed by atoms with Crippen molar-refractivity contribution < 1.29 is 9.47 Å². The van der Waals surface area contributed by atoms with E-state index in [4.69, 9.17) is 21.1 Å². The molecule has 2 aromatic rings. The maximum Gasteiger partial charge on any atom is 0.160 e. The van der Waals surface area contributed by atoms with Crippen LogP contribution in [0.2, 0.25) is 0 Å². The highest BCUT2D eigenvalue weighted by molar-refractivity contribution is 9.10. The summed E-state index contributed by atoms with van der Waals surface area (Å²) in [5.74, 6) is 1.48. The molecule has 0 saturated heterocycles. The summed E-state index contributed by atoms with van der Waals surface area (Å²) in [5, 5.41) is 0. The van der Waals surface area contributed by atoms with Crippen molar-refractivity contribution in [2.75, 3.05) is 32.8 Å². The minimum Gasteiger partial charge on any atom is -0.382 e. The quantitative estimate of drug-likeness (QED) is 0.535. The fourth-order valence-electron chi connectivity index (χ4n) is 1.94. The third-order valence-electron chi connectivity index (χ3n) is 2.84. The third kappa shape index (κ3) is 3.91. The zero-order valence-electron chi connectivity index (χ0n) is 11.3. The van der Waals surface area contributed by atoms with E-state index in [2.05, 4.69) is 30.5 Å². The zero-order chi connectivity index (χ0) is 14.4. The number of nitrogens with zero attached hydrogens (tertiary/aromatic N) is 3. The Bertz CT molecular complexity index is 562. The fraction of sp³-hybridized carbons (Fsp3) is 0.538. The molecule has 2 aromatic heterocycles. The molecule has 110 valence electrons. The van der Waals surface area contributed by atoms with Crippen molar-refractivity contribution in [3.05, 3.63) is 22.6 Å². The molecule has 0 aliphatic rings. The van der Waals surface area contributed by atoms with Gasteiger partial charge in [0.15, 0.2) is 5.65 Å². The summed E-state index contributed by atoms with van der Waals surface area (Å²) < 4.78 is 13.4. The van der Waals surface area contributed by atoms with Gasteiger partial charge in [0.2, 0.25) is 0 Å². The Balaban J connectivity index is 2.13. The van der Waals surface area contributed by atoms with E-state index < -0.39 is 0 Å². The molecule has 7 heteroatoms. The molecule has 5 nitrogen and oxygen atoms in total. The lowest BCUT2D eigenvalue weighted by Crippen LogP contribution is -2.12. The number of imidazole rings is 1. The number of hydrogen-bond donors (Lipinski definition) is 0. The van der Waals surface area contributed by atoms with Gasteiger partial charge in [0.05, 0.1) is 19.8 Å². The van der Waals surface area contributed by atoms with E-state index in [0.717, 1.165) is 21.5 Å². The second-order valence-electron chi connectivity index (χ2n) is 4.22. The Morgan fingerprint density at radius 2 is 2.20 bits per heavy atom. The predicted octanol–water partition coefficient (Wildman–Crippen LogP) is 2.64. The van der Waals surface area contributed by atoms with Gasteiger partial charge < -0.3 is 14.0 Å². The maximum absolute atomic E-state index is 5.84. The molecule has 0 amide bonds. The van der Waals surface area contributed by atoms with Crippen LogP contribution in [0, 0.1) is 0 Å². The highest BCUT2D eigenvalue weighted by Gasteiger charge is 2.11. The van der Waals surface area contributed by atoms with E-state index in [-0.39, 0.29) is 0 Å². The summed E-state index contributed by atoms with van der Waals surface area (Å²) in [5.41, 5.74) is 1.74. The molecule has 0 aliphatic heterocycles. The number of fused-ring (bicyclic) bond motifs is 1. The predicted molar refractivity (Wildman–Crippen MR) is 82.3 cm³/mol. The monoisotopic (exact) mass is 361 g/mol. The molecule has 0 N–H and O–H groups in total. The number of aryl methyl sites for hydroxylation is 1. The van der Waals surface area contributed by atoms with E-state index in [1.165, 1.54) is 0 Å². The SMILES string of the molecule is COCCOCCn1c(CCCl)nc2cc(Br)cnc21. The molecule has 0 aliphatic carbocycles. The molecule has 20 heavy (non-hydrogen) atoms. The summed E-state index contributed by atoms with van der Waals surface area (Å²) in [6.07, 6.45) is 2.49. The van der Waals surface area contributed by atoms with Gasteiger partial charge in [-0.2, -0.15) is 0 Å². The first-order chi connectivity index (χ1) is 9.76. The average Bonchev–Trinajstić information content (AvgIpc) is 2.76. The third-order valence-corrected chi connectivity index (χ3v) is 3.46. The summed E-state index contributed by atoms with van der Waals surface area (Å²) >= 11 is 9.25. The van der Waals surface area contributed by atoms with Gasteiger partial charge in [-0.05, 0) is 22.0 Å². The highest BCUT2D eigenvalue weighted by Crippen LogP contribution is 2.19. The summed E-state index contributed by atoms with van der Waals surface area (Å²) in [7, 11) is 1.66. The largest absolute Gasteiger partial charge is 0.382 e. The van der Waals surface area contributed by atoms with Crippen molar-refractivity contribution in [2.45, 2.75) is 13.0 Å². The molecular formula is C13H17BrClN3O2. The molecular weight excluding hydrogens is 346 g/mol. The van der Waals surface area contributed by atoms with E-state index in [1.807, 2.05) is 6.07 Å². The van der Waals surface area contributed by atoms with Crippen LogP contribution in [0.3, 0.4) is 0 Å². The molecule has 0 unspecified atom stereocenters. The topological polar surface area (TPSA) is 49.2 Å². The van der Waals surface area contributed by atoms with Gasteiger partial charge in [-0.1, -0.05) is 0 Å². The number of aromatic nitrogens is 3. The first-order valence-electron chi connectivity index (χ1n) is 6.39. The van der Waals surface area contributed by atoms with Gasteiger partial charge in [0.25, 0.3) is 0 Å². The molecule has 0 radical (unpaired) electrons. The average molecular weight is 363 g/mol. The standard InChI is InChI=1S/C13H17BrClN3O2/c1-19-6-7-20-5-4-18-12(2-3-15)17-11-8-10(14)9-16-13(11)18/h8-9H,2-7H2,1H3. The number of hydrogen-bond acceptors (Lipinski definition) is 4. The van der Waals surface area contributed by atoms with Crippen LogP contribution < -0.4 is 0 Å². The minimum absolute atomic E-state index is 0.537. The van der Waals surface area contributed by atoms with Crippen molar-refractivity contribution in [3.63, 3.8) is 0 Å². The molecule has 0 atom stereocenters. The van der Waals surface area contributed by atoms with E-state index >= 15 is 0 Å². The minimum atomic E-state index is 0.537. The normalized spacial score (nSPS) is 11.3. The molecule has 0 spiro atoms. The van der Waals surface area contributed by atoms with Crippen molar-refractivity contribution >= 4 is 38.7 Å². The Kier molecular flexibility index (Phi) is 6.22. The maximum atomic E-state index is 5.84. The van der Waals surface area contributed by atoms with Crippen LogP contribution in [0.4, 0.5) is 0 Å². The van der Waals surface area contributed by atoms with Crippen LogP contribution in [0.25, 0.3) is 11.2 Å². The summed E-state index contributed by atoms with van der Waals surface area (Å²) in [6.45, 7) is 2.50.